The molecule has 2 heterocycles. The van der Waals surface area contributed by atoms with Gasteiger partial charge in [-0.15, -0.1) is 0 Å². The van der Waals surface area contributed by atoms with Crippen LogP contribution in [0.4, 0.5) is 4.39 Å². The van der Waals surface area contributed by atoms with Gasteiger partial charge in [-0.2, -0.15) is 0 Å². The zero-order valence-electron chi connectivity index (χ0n) is 15.1. The Kier molecular flexibility index (Phi) is 5.32. The lowest BCUT2D eigenvalue weighted by atomic mass is 10.1. The molecule has 1 saturated heterocycles. The normalized spacial score (nSPS) is 17.0. The third kappa shape index (κ3) is 4.10. The molecule has 3 aromatic rings. The molecule has 0 amide bonds. The number of benzene rings is 2. The van der Waals surface area contributed by atoms with Crippen LogP contribution < -0.4 is 5.43 Å². The Morgan fingerprint density at radius 2 is 1.81 bits per heavy atom. The van der Waals surface area contributed by atoms with E-state index in [0.717, 1.165) is 19.4 Å². The first-order chi connectivity index (χ1) is 13.2. The minimum atomic E-state index is -0.236. The van der Waals surface area contributed by atoms with Crippen molar-refractivity contribution in [2.24, 2.45) is 0 Å². The van der Waals surface area contributed by atoms with Crippen LogP contribution in [0.3, 0.4) is 0 Å². The van der Waals surface area contributed by atoms with Crippen LogP contribution in [0.15, 0.2) is 64.0 Å². The molecule has 0 spiro atoms. The lowest BCUT2D eigenvalue weighted by Gasteiger charge is -2.25. The molecule has 4 nitrogen and oxygen atoms in total. The minimum Gasteiger partial charge on any atom is -0.464 e. The summed E-state index contributed by atoms with van der Waals surface area (Å²) in [6, 6.07) is 14.0. The molecular formula is C22H22FNO3. The summed E-state index contributed by atoms with van der Waals surface area (Å²) in [5.74, 6) is -0.236. The molecule has 1 fully saturated rings. The van der Waals surface area contributed by atoms with E-state index in [1.807, 2.05) is 18.2 Å². The molecule has 1 aliphatic rings. The van der Waals surface area contributed by atoms with Gasteiger partial charge in [0.1, 0.15) is 11.4 Å². The van der Waals surface area contributed by atoms with Crippen LogP contribution in [0.5, 0.6) is 0 Å². The van der Waals surface area contributed by atoms with Gasteiger partial charge in [0, 0.05) is 37.4 Å². The van der Waals surface area contributed by atoms with Crippen molar-refractivity contribution in [2.75, 3.05) is 13.2 Å². The molecule has 1 atom stereocenters. The maximum atomic E-state index is 14.2. The number of halogens is 1. The van der Waals surface area contributed by atoms with Gasteiger partial charge in [-0.05, 0) is 31.0 Å². The summed E-state index contributed by atoms with van der Waals surface area (Å²) in [4.78, 5) is 14.9. The van der Waals surface area contributed by atoms with Gasteiger partial charge in [0.15, 0.2) is 5.43 Å². The Labute approximate surface area is 157 Å². The first kappa shape index (κ1) is 17.9. The monoisotopic (exact) mass is 367 g/mol. The minimum absolute atomic E-state index is 0.0391. The lowest BCUT2D eigenvalue weighted by Crippen LogP contribution is -2.33. The molecule has 0 aliphatic carbocycles. The summed E-state index contributed by atoms with van der Waals surface area (Å²) in [7, 11) is 0. The van der Waals surface area contributed by atoms with Crippen molar-refractivity contribution in [3.63, 3.8) is 0 Å². The molecule has 0 radical (unpaired) electrons. The van der Waals surface area contributed by atoms with Crippen LogP contribution in [0.2, 0.25) is 0 Å². The van der Waals surface area contributed by atoms with Crippen molar-refractivity contribution >= 4 is 11.0 Å². The van der Waals surface area contributed by atoms with E-state index < -0.39 is 0 Å². The molecule has 2 aromatic carbocycles. The zero-order chi connectivity index (χ0) is 18.6. The molecule has 0 bridgehead atoms. The second-order valence-electron chi connectivity index (χ2n) is 6.98. The first-order valence-corrected chi connectivity index (χ1v) is 9.27. The summed E-state index contributed by atoms with van der Waals surface area (Å²) < 4.78 is 25.5. The van der Waals surface area contributed by atoms with Crippen molar-refractivity contribution in [3.05, 3.63) is 82.0 Å². The van der Waals surface area contributed by atoms with Gasteiger partial charge in [0.25, 0.3) is 0 Å². The molecule has 1 aromatic heterocycles. The van der Waals surface area contributed by atoms with E-state index >= 15 is 0 Å². The fraction of sp³-hybridized carbons (Fsp3) is 0.318. The van der Waals surface area contributed by atoms with E-state index in [1.54, 1.807) is 24.3 Å². The van der Waals surface area contributed by atoms with E-state index in [-0.39, 0.29) is 17.3 Å². The van der Waals surface area contributed by atoms with E-state index in [2.05, 4.69) is 4.90 Å². The van der Waals surface area contributed by atoms with Gasteiger partial charge >= 0.3 is 0 Å². The molecule has 27 heavy (non-hydrogen) atoms. The van der Waals surface area contributed by atoms with Crippen LogP contribution in [-0.2, 0) is 17.8 Å². The van der Waals surface area contributed by atoms with Crippen LogP contribution in [0.1, 0.15) is 24.0 Å². The number of rotatable bonds is 6. The highest BCUT2D eigenvalue weighted by atomic mass is 19.1. The quantitative estimate of drug-likeness (QED) is 0.657. The van der Waals surface area contributed by atoms with Gasteiger partial charge in [0.05, 0.1) is 17.8 Å². The van der Waals surface area contributed by atoms with Crippen molar-refractivity contribution < 1.29 is 13.5 Å². The standard InChI is InChI=1S/C22H22FNO3/c23-20-9-3-1-6-16(20)12-24(14-18-7-5-11-26-18)13-17-15-27-21-10-4-2-8-19(21)22(17)25/h1-4,6,8-10,15,18H,5,7,11-14H2/t18-/m0/s1. The molecular weight excluding hydrogens is 345 g/mol. The summed E-state index contributed by atoms with van der Waals surface area (Å²) in [5, 5.41) is 0.568. The highest BCUT2D eigenvalue weighted by Crippen LogP contribution is 2.19. The lowest BCUT2D eigenvalue weighted by molar-refractivity contribution is 0.0672. The number of nitrogens with zero attached hydrogens (tertiary/aromatic N) is 1. The molecule has 0 N–H and O–H groups in total. The molecule has 0 unspecified atom stereocenters. The number of hydrogen-bond acceptors (Lipinski definition) is 4. The second kappa shape index (κ2) is 8.03. The Balaban J connectivity index is 1.61. The number of ether oxygens (including phenoxy) is 1. The van der Waals surface area contributed by atoms with Crippen molar-refractivity contribution in [3.8, 4) is 0 Å². The Morgan fingerprint density at radius 1 is 1.04 bits per heavy atom. The fourth-order valence-electron chi connectivity index (χ4n) is 3.60. The summed E-state index contributed by atoms with van der Waals surface area (Å²) in [5.41, 5.74) is 1.72. The van der Waals surface area contributed by atoms with Gasteiger partial charge < -0.3 is 9.15 Å². The average molecular weight is 367 g/mol. The molecule has 5 heteroatoms. The third-order valence-electron chi connectivity index (χ3n) is 4.98. The predicted molar refractivity (Wildman–Crippen MR) is 102 cm³/mol. The van der Waals surface area contributed by atoms with Crippen LogP contribution in [0.25, 0.3) is 11.0 Å². The summed E-state index contributed by atoms with van der Waals surface area (Å²) >= 11 is 0. The van der Waals surface area contributed by atoms with Crippen LogP contribution >= 0.6 is 0 Å². The third-order valence-corrected chi connectivity index (χ3v) is 4.98. The summed E-state index contributed by atoms with van der Waals surface area (Å²) in [6.07, 6.45) is 3.66. The SMILES string of the molecule is O=c1c(CN(Cc2ccccc2F)C[C@@H]2CCCO2)coc2ccccc12. The van der Waals surface area contributed by atoms with E-state index in [1.165, 1.54) is 12.3 Å². The van der Waals surface area contributed by atoms with Gasteiger partial charge in [-0.25, -0.2) is 4.39 Å². The predicted octanol–water partition coefficient (Wildman–Crippen LogP) is 4.11. The van der Waals surface area contributed by atoms with Crippen molar-refractivity contribution in [1.82, 2.24) is 4.90 Å². The van der Waals surface area contributed by atoms with Gasteiger partial charge in [0.2, 0.25) is 0 Å². The maximum absolute atomic E-state index is 14.2. The highest BCUT2D eigenvalue weighted by molar-refractivity contribution is 5.76. The topological polar surface area (TPSA) is 42.7 Å². The van der Waals surface area contributed by atoms with Crippen LogP contribution in [0, 0.1) is 5.82 Å². The Morgan fingerprint density at radius 3 is 2.63 bits per heavy atom. The molecule has 0 saturated carbocycles. The smallest absolute Gasteiger partial charge is 0.197 e. The van der Waals surface area contributed by atoms with Crippen molar-refractivity contribution in [1.29, 1.82) is 0 Å². The average Bonchev–Trinajstić information content (AvgIpc) is 3.19. The number of hydrogen-bond donors (Lipinski definition) is 0. The molecule has 1 aliphatic heterocycles. The fourth-order valence-corrected chi connectivity index (χ4v) is 3.60. The van der Waals surface area contributed by atoms with E-state index in [4.69, 9.17) is 9.15 Å². The number of fused-ring (bicyclic) bond motifs is 1. The Hall–Kier alpha value is -2.50. The van der Waals surface area contributed by atoms with Crippen LogP contribution in [-0.4, -0.2) is 24.2 Å². The molecule has 4 rings (SSSR count). The first-order valence-electron chi connectivity index (χ1n) is 9.27. The highest BCUT2D eigenvalue weighted by Gasteiger charge is 2.21. The van der Waals surface area contributed by atoms with Gasteiger partial charge in [-0.3, -0.25) is 9.69 Å². The van der Waals surface area contributed by atoms with Gasteiger partial charge in [-0.1, -0.05) is 30.3 Å². The zero-order valence-corrected chi connectivity index (χ0v) is 15.1. The van der Waals surface area contributed by atoms with E-state index in [0.29, 0.717) is 41.7 Å². The Bertz CT molecular complexity index is 978. The van der Waals surface area contributed by atoms with Crippen molar-refractivity contribution in [2.45, 2.75) is 32.0 Å². The molecule has 140 valence electrons. The second-order valence-corrected chi connectivity index (χ2v) is 6.98. The summed E-state index contributed by atoms with van der Waals surface area (Å²) in [6.45, 7) is 2.22. The van der Waals surface area contributed by atoms with E-state index in [9.17, 15) is 9.18 Å². The number of para-hydroxylation sites is 1. The maximum Gasteiger partial charge on any atom is 0.197 e. The largest absolute Gasteiger partial charge is 0.464 e.